The summed E-state index contributed by atoms with van der Waals surface area (Å²) >= 11 is 1.31. The van der Waals surface area contributed by atoms with Crippen molar-refractivity contribution in [2.75, 3.05) is 6.26 Å². The smallest absolute Gasteiger partial charge is 0.296 e. The molecule has 8 heteroatoms. The Hall–Kier alpha value is -3.75. The van der Waals surface area contributed by atoms with Gasteiger partial charge in [-0.15, -0.1) is 0 Å². The topological polar surface area (TPSA) is 75.4 Å². The number of nitrogens with zero attached hydrogens (tertiary/aromatic N) is 1. The number of aliphatic hydroxyl groups excluding tert-OH is 1. The monoisotopic (exact) mass is 546 g/mol. The van der Waals surface area contributed by atoms with Crippen molar-refractivity contribution in [3.8, 4) is 22.5 Å². The second-order valence-electron chi connectivity index (χ2n) is 9.70. The third kappa shape index (κ3) is 5.40. The lowest BCUT2D eigenvalue weighted by Crippen LogP contribution is -2.30. The zero-order chi connectivity index (χ0) is 27.6. The number of nitrogens with one attached hydrogen (secondary N) is 1. The van der Waals surface area contributed by atoms with Gasteiger partial charge in [0.1, 0.15) is 0 Å². The minimum Gasteiger partial charge on any atom is -0.381 e. The first-order valence-corrected chi connectivity index (χ1v) is 13.8. The number of alkyl halides is 2. The molecule has 0 saturated heterocycles. The maximum atomic E-state index is 15.0. The van der Waals surface area contributed by atoms with Gasteiger partial charge in [0, 0.05) is 11.8 Å². The molecular weight excluding hydrogens is 518 g/mol. The largest absolute Gasteiger partial charge is 0.381 e. The highest BCUT2D eigenvalue weighted by Gasteiger charge is 2.51. The molecule has 39 heavy (non-hydrogen) atoms. The van der Waals surface area contributed by atoms with E-state index in [0.717, 1.165) is 29.5 Å². The van der Waals surface area contributed by atoms with Gasteiger partial charge in [-0.2, -0.15) is 8.78 Å². The molecule has 1 amide bonds. The quantitative estimate of drug-likeness (QED) is 0.219. The van der Waals surface area contributed by atoms with Gasteiger partial charge in [-0.05, 0) is 48.1 Å². The molecule has 1 atom stereocenters. The molecule has 0 bridgehead atoms. The van der Waals surface area contributed by atoms with Crippen LogP contribution in [-0.4, -0.2) is 28.3 Å². The Bertz CT molecular complexity index is 1480. The van der Waals surface area contributed by atoms with Gasteiger partial charge in [-0.25, -0.2) is 0 Å². The molecule has 1 aliphatic carbocycles. The Labute approximate surface area is 230 Å². The summed E-state index contributed by atoms with van der Waals surface area (Å²) in [6, 6.07) is 23.9. The first-order chi connectivity index (χ1) is 18.7. The molecule has 1 aromatic heterocycles. The number of aromatic nitrogens is 1. The van der Waals surface area contributed by atoms with Gasteiger partial charge in [0.05, 0.1) is 16.7 Å². The lowest BCUT2D eigenvalue weighted by molar-refractivity contribution is -0.121. The molecule has 2 N–H and O–H groups in total. The average Bonchev–Trinajstić information content (AvgIpc) is 3.69. The van der Waals surface area contributed by atoms with Crippen molar-refractivity contribution in [1.82, 2.24) is 9.88 Å². The molecule has 0 radical (unpaired) electrons. The minimum absolute atomic E-state index is 0.0357. The molecule has 4 aromatic rings. The van der Waals surface area contributed by atoms with E-state index in [0.29, 0.717) is 17.2 Å². The number of rotatable bonds is 9. The maximum Gasteiger partial charge on any atom is 0.296 e. The summed E-state index contributed by atoms with van der Waals surface area (Å²) in [4.78, 5) is 12.5. The van der Waals surface area contributed by atoms with Gasteiger partial charge >= 0.3 is 0 Å². The standard InChI is InChI=1S/C31H28F2N2O3S/c1-20-26(28(36)31(32,33)17-16-21-6-4-3-5-7-21)27(38-34-20)24-10-8-22(9-11-24)23-12-14-25(15-13-23)30(18-19-30)29(37)35-39-2/h3-17,28,36H,18-19H2,1-2H3,(H,35,37)/b17-16+. The van der Waals surface area contributed by atoms with Crippen molar-refractivity contribution in [1.29, 1.82) is 0 Å². The Morgan fingerprint density at radius 1 is 1.03 bits per heavy atom. The molecule has 5 rings (SSSR count). The van der Waals surface area contributed by atoms with E-state index in [4.69, 9.17) is 4.52 Å². The highest BCUT2D eigenvalue weighted by molar-refractivity contribution is 7.97. The van der Waals surface area contributed by atoms with Crippen LogP contribution in [0, 0.1) is 6.92 Å². The highest BCUT2D eigenvalue weighted by atomic mass is 32.2. The molecule has 200 valence electrons. The number of hydrogen-bond donors (Lipinski definition) is 2. The Morgan fingerprint density at radius 2 is 1.62 bits per heavy atom. The van der Waals surface area contributed by atoms with Crippen LogP contribution in [-0.2, 0) is 10.2 Å². The molecule has 5 nitrogen and oxygen atoms in total. The van der Waals surface area contributed by atoms with Crippen molar-refractivity contribution in [2.45, 2.75) is 37.2 Å². The van der Waals surface area contributed by atoms with Crippen LogP contribution < -0.4 is 4.72 Å². The second-order valence-corrected chi connectivity index (χ2v) is 10.3. The number of carbonyl (C=O) groups is 1. The van der Waals surface area contributed by atoms with E-state index in [2.05, 4.69) is 9.88 Å². The summed E-state index contributed by atoms with van der Waals surface area (Å²) in [7, 11) is 0. The van der Waals surface area contributed by atoms with Crippen LogP contribution in [0.5, 0.6) is 0 Å². The Kier molecular flexibility index (Phi) is 7.42. The van der Waals surface area contributed by atoms with Gasteiger partial charge < -0.3 is 9.63 Å². The molecule has 1 aliphatic rings. The minimum atomic E-state index is -3.55. The van der Waals surface area contributed by atoms with Crippen LogP contribution in [0.25, 0.3) is 28.5 Å². The second kappa shape index (κ2) is 10.8. The highest BCUT2D eigenvalue weighted by Crippen LogP contribution is 2.49. The van der Waals surface area contributed by atoms with E-state index in [1.54, 1.807) is 42.5 Å². The van der Waals surface area contributed by atoms with E-state index in [-0.39, 0.29) is 22.9 Å². The first-order valence-electron chi connectivity index (χ1n) is 12.6. The van der Waals surface area contributed by atoms with E-state index in [1.165, 1.54) is 24.9 Å². The molecule has 0 spiro atoms. The summed E-state index contributed by atoms with van der Waals surface area (Å²) in [5.74, 6) is -3.41. The summed E-state index contributed by atoms with van der Waals surface area (Å²) in [5.41, 5.74) is 3.70. The van der Waals surface area contributed by atoms with E-state index < -0.39 is 17.4 Å². The van der Waals surface area contributed by atoms with E-state index in [9.17, 15) is 9.90 Å². The average molecular weight is 547 g/mol. The Balaban J connectivity index is 1.36. The van der Waals surface area contributed by atoms with Gasteiger partial charge in [0.25, 0.3) is 5.92 Å². The van der Waals surface area contributed by atoms with Crippen molar-refractivity contribution >= 4 is 23.9 Å². The maximum absolute atomic E-state index is 15.0. The third-order valence-electron chi connectivity index (χ3n) is 7.14. The van der Waals surface area contributed by atoms with E-state index in [1.807, 2.05) is 42.7 Å². The summed E-state index contributed by atoms with van der Waals surface area (Å²) in [5, 5.41) is 14.6. The number of aliphatic hydroxyl groups is 1. The normalized spacial score (nSPS) is 15.3. The Morgan fingerprint density at radius 3 is 2.21 bits per heavy atom. The fourth-order valence-electron chi connectivity index (χ4n) is 4.72. The van der Waals surface area contributed by atoms with Gasteiger partial charge in [-0.3, -0.25) is 9.52 Å². The molecule has 3 aromatic carbocycles. The molecular formula is C31H28F2N2O3S. The summed E-state index contributed by atoms with van der Waals surface area (Å²) in [6.07, 6.45) is 3.35. The zero-order valence-corrected chi connectivity index (χ0v) is 22.3. The van der Waals surface area contributed by atoms with Crippen LogP contribution in [0.2, 0.25) is 0 Å². The first kappa shape index (κ1) is 26.8. The van der Waals surface area contributed by atoms with Gasteiger partial charge in [0.15, 0.2) is 11.9 Å². The van der Waals surface area contributed by atoms with Crippen LogP contribution in [0.15, 0.2) is 89.5 Å². The predicted molar refractivity (Wildman–Crippen MR) is 150 cm³/mol. The lowest BCUT2D eigenvalue weighted by Gasteiger charge is -2.19. The summed E-state index contributed by atoms with van der Waals surface area (Å²) in [6.45, 7) is 1.53. The molecule has 1 fully saturated rings. The van der Waals surface area contributed by atoms with Crippen LogP contribution in [0.3, 0.4) is 0 Å². The molecule has 1 saturated carbocycles. The number of carbonyl (C=O) groups excluding carboxylic acids is 1. The van der Waals surface area contributed by atoms with Crippen molar-refractivity contribution in [2.24, 2.45) is 0 Å². The number of hydrogen-bond acceptors (Lipinski definition) is 5. The fraction of sp³-hybridized carbons (Fsp3) is 0.226. The van der Waals surface area contributed by atoms with Crippen LogP contribution in [0.4, 0.5) is 8.78 Å². The third-order valence-corrected chi connectivity index (χ3v) is 7.53. The number of aryl methyl sites for hydroxylation is 1. The predicted octanol–water partition coefficient (Wildman–Crippen LogP) is 7.12. The molecule has 1 unspecified atom stereocenters. The van der Waals surface area contributed by atoms with Crippen molar-refractivity contribution < 1.29 is 23.2 Å². The lowest BCUT2D eigenvalue weighted by atomic mass is 9.92. The van der Waals surface area contributed by atoms with Gasteiger partial charge in [0.2, 0.25) is 5.91 Å². The van der Waals surface area contributed by atoms with Crippen molar-refractivity contribution in [3.05, 3.63) is 107 Å². The van der Waals surface area contributed by atoms with Gasteiger partial charge in [-0.1, -0.05) is 102 Å². The molecule has 0 aliphatic heterocycles. The zero-order valence-electron chi connectivity index (χ0n) is 21.5. The summed E-state index contributed by atoms with van der Waals surface area (Å²) < 4.78 is 38.3. The number of benzene rings is 3. The van der Waals surface area contributed by atoms with Crippen molar-refractivity contribution in [3.63, 3.8) is 0 Å². The number of amides is 1. The molecule has 1 heterocycles. The SMILES string of the molecule is CSNC(=O)C1(c2ccc(-c3ccc(-c4onc(C)c4C(O)C(F)(F)/C=C/c4ccccc4)cc3)cc2)CC1. The number of halogens is 2. The van der Waals surface area contributed by atoms with Crippen LogP contribution >= 0.6 is 11.9 Å². The van der Waals surface area contributed by atoms with E-state index >= 15 is 8.78 Å². The van der Waals surface area contributed by atoms with Crippen LogP contribution in [0.1, 0.15) is 41.3 Å². The fourth-order valence-corrected chi connectivity index (χ4v) is 5.10.